The van der Waals surface area contributed by atoms with Gasteiger partial charge in [0.15, 0.2) is 0 Å². The third kappa shape index (κ3) is 2.03. The van der Waals surface area contributed by atoms with Crippen molar-refractivity contribution in [3.05, 3.63) is 29.8 Å². The smallest absolute Gasteiger partial charge is 0.342 e. The summed E-state index contributed by atoms with van der Waals surface area (Å²) in [6.45, 7) is 6.51. The molecule has 0 saturated carbocycles. The monoisotopic (exact) mass is 220 g/mol. The van der Waals surface area contributed by atoms with Gasteiger partial charge in [-0.1, -0.05) is 32.9 Å². The first-order chi connectivity index (χ1) is 7.48. The highest BCUT2D eigenvalue weighted by Crippen LogP contribution is 2.29. The molecular formula is C13H16O3. The number of para-hydroxylation sites is 1. The van der Waals surface area contributed by atoms with Gasteiger partial charge in [0.2, 0.25) is 0 Å². The Bertz CT molecular complexity index is 404. The molecule has 0 aromatic heterocycles. The Kier molecular flexibility index (Phi) is 2.62. The number of ether oxygens (including phenoxy) is 2. The van der Waals surface area contributed by atoms with Crippen molar-refractivity contribution in [2.75, 3.05) is 6.61 Å². The second-order valence-electron chi connectivity index (χ2n) is 5.07. The number of cyclic esters (lactones) is 1. The van der Waals surface area contributed by atoms with E-state index in [1.807, 2.05) is 26.8 Å². The Balaban J connectivity index is 2.29. The van der Waals surface area contributed by atoms with E-state index in [1.165, 1.54) is 0 Å². The van der Waals surface area contributed by atoms with Gasteiger partial charge < -0.3 is 9.47 Å². The maximum atomic E-state index is 11.9. The Morgan fingerprint density at radius 1 is 1.25 bits per heavy atom. The summed E-state index contributed by atoms with van der Waals surface area (Å²) in [5, 5.41) is 0. The maximum Gasteiger partial charge on any atom is 0.342 e. The molecular weight excluding hydrogens is 204 g/mol. The van der Waals surface area contributed by atoms with E-state index < -0.39 is 0 Å². The van der Waals surface area contributed by atoms with Crippen molar-refractivity contribution in [1.82, 2.24) is 0 Å². The highest BCUT2D eigenvalue weighted by atomic mass is 16.6. The lowest BCUT2D eigenvalue weighted by molar-refractivity contribution is -0.0147. The SMILES string of the molecule is CC(C)(C)[C@H]1COc2ccccc2C(=O)O1. The molecule has 0 bridgehead atoms. The van der Waals surface area contributed by atoms with Crippen LogP contribution in [0.4, 0.5) is 0 Å². The largest absolute Gasteiger partial charge is 0.489 e. The zero-order chi connectivity index (χ0) is 11.8. The third-order valence-electron chi connectivity index (χ3n) is 2.71. The Morgan fingerprint density at radius 2 is 1.94 bits per heavy atom. The van der Waals surface area contributed by atoms with Crippen molar-refractivity contribution in [3.63, 3.8) is 0 Å². The van der Waals surface area contributed by atoms with Gasteiger partial charge in [-0.3, -0.25) is 0 Å². The molecule has 1 aromatic rings. The lowest BCUT2D eigenvalue weighted by Crippen LogP contribution is -2.35. The molecule has 0 N–H and O–H groups in total. The average Bonchev–Trinajstić information content (AvgIpc) is 2.38. The van der Waals surface area contributed by atoms with E-state index in [-0.39, 0.29) is 17.5 Å². The van der Waals surface area contributed by atoms with Crippen molar-refractivity contribution in [3.8, 4) is 5.75 Å². The van der Waals surface area contributed by atoms with Crippen molar-refractivity contribution >= 4 is 5.97 Å². The van der Waals surface area contributed by atoms with Crippen molar-refractivity contribution < 1.29 is 14.3 Å². The molecule has 3 heteroatoms. The van der Waals surface area contributed by atoms with Crippen LogP contribution in [-0.4, -0.2) is 18.7 Å². The highest BCUT2D eigenvalue weighted by Gasteiger charge is 2.32. The number of carbonyl (C=O) groups excluding carboxylic acids is 1. The summed E-state index contributed by atoms with van der Waals surface area (Å²) in [4.78, 5) is 11.9. The molecule has 0 aliphatic carbocycles. The van der Waals surface area contributed by atoms with Crippen LogP contribution in [0.5, 0.6) is 5.75 Å². The normalized spacial score (nSPS) is 20.4. The van der Waals surface area contributed by atoms with E-state index in [4.69, 9.17) is 9.47 Å². The number of fused-ring (bicyclic) bond motifs is 1. The van der Waals surface area contributed by atoms with Crippen LogP contribution >= 0.6 is 0 Å². The van der Waals surface area contributed by atoms with Crippen LogP contribution in [-0.2, 0) is 4.74 Å². The number of carbonyl (C=O) groups is 1. The van der Waals surface area contributed by atoms with E-state index >= 15 is 0 Å². The number of esters is 1. The molecule has 0 saturated heterocycles. The molecule has 0 radical (unpaired) electrons. The van der Waals surface area contributed by atoms with Gasteiger partial charge in [0.25, 0.3) is 0 Å². The summed E-state index contributed by atoms with van der Waals surface area (Å²) in [5.41, 5.74) is 0.395. The Morgan fingerprint density at radius 3 is 2.62 bits per heavy atom. The minimum absolute atomic E-state index is 0.113. The van der Waals surface area contributed by atoms with Crippen molar-refractivity contribution in [2.24, 2.45) is 5.41 Å². The van der Waals surface area contributed by atoms with Crippen LogP contribution in [0.25, 0.3) is 0 Å². The number of rotatable bonds is 0. The molecule has 0 spiro atoms. The Hall–Kier alpha value is -1.51. The summed E-state index contributed by atoms with van der Waals surface area (Å²) in [6, 6.07) is 7.18. The summed E-state index contributed by atoms with van der Waals surface area (Å²) < 4.78 is 11.1. The van der Waals surface area contributed by atoms with E-state index in [9.17, 15) is 4.79 Å². The van der Waals surface area contributed by atoms with Gasteiger partial charge in [0.1, 0.15) is 24.0 Å². The number of hydrogen-bond acceptors (Lipinski definition) is 3. The van der Waals surface area contributed by atoms with E-state index in [0.29, 0.717) is 17.9 Å². The van der Waals surface area contributed by atoms with Crippen LogP contribution in [0, 0.1) is 5.41 Å². The van der Waals surface area contributed by atoms with E-state index in [2.05, 4.69) is 0 Å². The summed E-state index contributed by atoms with van der Waals surface area (Å²) in [7, 11) is 0. The predicted molar refractivity (Wildman–Crippen MR) is 60.6 cm³/mol. The average molecular weight is 220 g/mol. The number of benzene rings is 1. The highest BCUT2D eigenvalue weighted by molar-refractivity contribution is 5.92. The van der Waals surface area contributed by atoms with Crippen LogP contribution in [0.2, 0.25) is 0 Å². The van der Waals surface area contributed by atoms with Gasteiger partial charge in [0, 0.05) is 5.41 Å². The third-order valence-corrected chi connectivity index (χ3v) is 2.71. The van der Waals surface area contributed by atoms with E-state index in [1.54, 1.807) is 18.2 Å². The Labute approximate surface area is 95.4 Å². The molecule has 3 nitrogen and oxygen atoms in total. The predicted octanol–water partition coefficient (Wildman–Crippen LogP) is 2.65. The van der Waals surface area contributed by atoms with Crippen LogP contribution < -0.4 is 4.74 Å². The van der Waals surface area contributed by atoms with Gasteiger partial charge in [-0.2, -0.15) is 0 Å². The molecule has 1 atom stereocenters. The fourth-order valence-corrected chi connectivity index (χ4v) is 1.58. The van der Waals surface area contributed by atoms with Crippen LogP contribution in [0.15, 0.2) is 24.3 Å². The maximum absolute atomic E-state index is 11.9. The van der Waals surface area contributed by atoms with Gasteiger partial charge in [-0.15, -0.1) is 0 Å². The van der Waals surface area contributed by atoms with Crippen molar-refractivity contribution in [2.45, 2.75) is 26.9 Å². The standard InChI is InChI=1S/C13H16O3/c1-13(2,3)11-8-15-10-7-5-4-6-9(10)12(14)16-11/h4-7,11H,8H2,1-3H3/t11-/m1/s1. The van der Waals surface area contributed by atoms with Gasteiger partial charge in [-0.05, 0) is 12.1 Å². The lowest BCUT2D eigenvalue weighted by Gasteiger charge is -2.28. The first kappa shape index (κ1) is 11.0. The molecule has 86 valence electrons. The zero-order valence-electron chi connectivity index (χ0n) is 9.82. The van der Waals surface area contributed by atoms with Crippen LogP contribution in [0.1, 0.15) is 31.1 Å². The molecule has 0 fully saturated rings. The molecule has 2 rings (SSSR count). The summed E-state index contributed by atoms with van der Waals surface area (Å²) in [5.74, 6) is 0.312. The second kappa shape index (κ2) is 3.81. The molecule has 0 unspecified atom stereocenters. The molecule has 16 heavy (non-hydrogen) atoms. The van der Waals surface area contributed by atoms with E-state index in [0.717, 1.165) is 0 Å². The fourth-order valence-electron chi connectivity index (χ4n) is 1.58. The molecule has 1 heterocycles. The minimum Gasteiger partial charge on any atom is -0.489 e. The molecule has 1 aliphatic heterocycles. The van der Waals surface area contributed by atoms with Gasteiger partial charge >= 0.3 is 5.97 Å². The first-order valence-electron chi connectivity index (χ1n) is 5.41. The van der Waals surface area contributed by atoms with Crippen molar-refractivity contribution in [1.29, 1.82) is 0 Å². The zero-order valence-corrected chi connectivity index (χ0v) is 9.82. The van der Waals surface area contributed by atoms with Gasteiger partial charge in [0.05, 0.1) is 0 Å². The molecule has 1 aliphatic rings. The quantitative estimate of drug-likeness (QED) is 0.630. The number of hydrogen-bond donors (Lipinski definition) is 0. The van der Waals surface area contributed by atoms with Crippen LogP contribution in [0.3, 0.4) is 0 Å². The molecule has 1 aromatic carbocycles. The first-order valence-corrected chi connectivity index (χ1v) is 5.41. The minimum atomic E-state index is -0.298. The summed E-state index contributed by atoms with van der Waals surface area (Å²) in [6.07, 6.45) is -0.215. The fraction of sp³-hybridized carbons (Fsp3) is 0.462. The molecule has 0 amide bonds. The topological polar surface area (TPSA) is 35.5 Å². The second-order valence-corrected chi connectivity index (χ2v) is 5.07. The van der Waals surface area contributed by atoms with Gasteiger partial charge in [-0.25, -0.2) is 4.79 Å². The summed E-state index contributed by atoms with van der Waals surface area (Å²) >= 11 is 0. The lowest BCUT2D eigenvalue weighted by atomic mass is 9.89.